The minimum Gasteiger partial charge on any atom is -0.323 e. The maximum Gasteiger partial charge on any atom is 0.325 e. The number of nitrogens with one attached hydrogen (secondary N) is 2. The number of hydrogen-bond donors (Lipinski definition) is 2. The van der Waals surface area contributed by atoms with E-state index in [1.807, 2.05) is 0 Å². The van der Waals surface area contributed by atoms with Crippen LogP contribution in [0.3, 0.4) is 0 Å². The molecule has 6 nitrogen and oxygen atoms in total. The molecule has 1 aromatic carbocycles. The number of amides is 4. The molecule has 1 saturated carbocycles. The van der Waals surface area contributed by atoms with Gasteiger partial charge in [-0.15, -0.1) is 0 Å². The Morgan fingerprint density at radius 1 is 1.32 bits per heavy atom. The molecule has 0 aromatic heterocycles. The standard InChI is InChI=1S/C18H22ClN3O3/c1-2-12-7-9-18(10-8-12)16(24)22(17(25)21-18)11-15(23)20-14-6-4-3-5-13(14)19/h3-6,12H,2,7-11H2,1H3,(H,20,23)(H,21,25). The van der Waals surface area contributed by atoms with E-state index >= 15 is 0 Å². The number of para-hydroxylation sites is 1. The molecule has 3 rings (SSSR count). The smallest absolute Gasteiger partial charge is 0.323 e. The number of halogens is 1. The zero-order valence-corrected chi connectivity index (χ0v) is 14.9. The highest BCUT2D eigenvalue weighted by molar-refractivity contribution is 6.33. The van der Waals surface area contributed by atoms with Gasteiger partial charge in [0.25, 0.3) is 5.91 Å². The predicted octanol–water partition coefficient (Wildman–Crippen LogP) is 3.17. The number of rotatable bonds is 4. The van der Waals surface area contributed by atoms with E-state index in [-0.39, 0.29) is 12.5 Å². The molecular formula is C18H22ClN3O3. The van der Waals surface area contributed by atoms with E-state index in [1.54, 1.807) is 24.3 Å². The highest BCUT2D eigenvalue weighted by Crippen LogP contribution is 2.37. The third-order valence-electron chi connectivity index (χ3n) is 5.23. The zero-order valence-electron chi connectivity index (χ0n) is 14.2. The molecule has 1 aliphatic heterocycles. The summed E-state index contributed by atoms with van der Waals surface area (Å²) < 4.78 is 0. The quantitative estimate of drug-likeness (QED) is 0.806. The minimum atomic E-state index is -0.826. The van der Waals surface area contributed by atoms with Crippen molar-refractivity contribution in [2.45, 2.75) is 44.6 Å². The molecule has 2 aliphatic rings. The summed E-state index contributed by atoms with van der Waals surface area (Å²) in [5.74, 6) is -0.134. The van der Waals surface area contributed by atoms with E-state index in [4.69, 9.17) is 11.6 Å². The van der Waals surface area contributed by atoms with Gasteiger partial charge < -0.3 is 10.6 Å². The number of imide groups is 1. The van der Waals surface area contributed by atoms with Gasteiger partial charge in [0, 0.05) is 0 Å². The average Bonchev–Trinajstić information content (AvgIpc) is 2.82. The van der Waals surface area contributed by atoms with Crippen LogP contribution in [-0.4, -0.2) is 34.8 Å². The van der Waals surface area contributed by atoms with Crippen molar-refractivity contribution in [3.8, 4) is 0 Å². The molecule has 134 valence electrons. The van der Waals surface area contributed by atoms with Gasteiger partial charge in [0.1, 0.15) is 12.1 Å². The lowest BCUT2D eigenvalue weighted by Gasteiger charge is -2.34. The van der Waals surface area contributed by atoms with Gasteiger partial charge >= 0.3 is 6.03 Å². The first-order valence-electron chi connectivity index (χ1n) is 8.63. The molecule has 1 aromatic rings. The number of carbonyl (C=O) groups excluding carboxylic acids is 3. The first-order chi connectivity index (χ1) is 11.9. The lowest BCUT2D eigenvalue weighted by molar-refractivity contribution is -0.135. The fourth-order valence-electron chi connectivity index (χ4n) is 3.63. The maximum atomic E-state index is 12.8. The Bertz CT molecular complexity index is 699. The topological polar surface area (TPSA) is 78.5 Å². The monoisotopic (exact) mass is 363 g/mol. The fourth-order valence-corrected chi connectivity index (χ4v) is 3.82. The van der Waals surface area contributed by atoms with Crippen LogP contribution in [0.25, 0.3) is 0 Å². The summed E-state index contributed by atoms with van der Waals surface area (Å²) in [6, 6.07) is 6.34. The van der Waals surface area contributed by atoms with E-state index in [2.05, 4.69) is 17.6 Å². The molecule has 1 spiro atoms. The number of carbonyl (C=O) groups is 3. The Morgan fingerprint density at radius 3 is 2.64 bits per heavy atom. The third kappa shape index (κ3) is 3.49. The molecular weight excluding hydrogens is 342 g/mol. The minimum absolute atomic E-state index is 0.290. The highest BCUT2D eigenvalue weighted by atomic mass is 35.5. The molecule has 0 unspecified atom stereocenters. The number of nitrogens with zero attached hydrogens (tertiary/aromatic N) is 1. The summed E-state index contributed by atoms with van der Waals surface area (Å²) in [5.41, 5.74) is -0.368. The number of urea groups is 1. The molecule has 4 amide bonds. The van der Waals surface area contributed by atoms with Gasteiger partial charge in [-0.05, 0) is 43.7 Å². The normalized spacial score (nSPS) is 26.0. The second-order valence-electron chi connectivity index (χ2n) is 6.78. The third-order valence-corrected chi connectivity index (χ3v) is 5.56. The molecule has 2 N–H and O–H groups in total. The second-order valence-corrected chi connectivity index (χ2v) is 7.19. The lowest BCUT2D eigenvalue weighted by atomic mass is 9.75. The predicted molar refractivity (Wildman–Crippen MR) is 95.3 cm³/mol. The van der Waals surface area contributed by atoms with Crippen molar-refractivity contribution in [2.24, 2.45) is 5.92 Å². The average molecular weight is 364 g/mol. The fraction of sp³-hybridized carbons (Fsp3) is 0.500. The van der Waals surface area contributed by atoms with Gasteiger partial charge in [-0.1, -0.05) is 37.1 Å². The van der Waals surface area contributed by atoms with E-state index in [0.717, 1.165) is 24.2 Å². The van der Waals surface area contributed by atoms with Crippen LogP contribution < -0.4 is 10.6 Å². The molecule has 1 heterocycles. The van der Waals surface area contributed by atoms with E-state index < -0.39 is 17.5 Å². The summed E-state index contributed by atoms with van der Waals surface area (Å²) in [5, 5.41) is 5.87. The van der Waals surface area contributed by atoms with Crippen LogP contribution in [0.4, 0.5) is 10.5 Å². The van der Waals surface area contributed by atoms with E-state index in [0.29, 0.717) is 29.5 Å². The molecule has 7 heteroatoms. The summed E-state index contributed by atoms with van der Waals surface area (Å²) in [4.78, 5) is 38.3. The lowest BCUT2D eigenvalue weighted by Crippen LogP contribution is -2.49. The first-order valence-corrected chi connectivity index (χ1v) is 9.01. The number of benzene rings is 1. The van der Waals surface area contributed by atoms with Crippen LogP contribution in [0, 0.1) is 5.92 Å². The molecule has 1 saturated heterocycles. The van der Waals surface area contributed by atoms with Gasteiger partial charge in [0.15, 0.2) is 0 Å². The van der Waals surface area contributed by atoms with Crippen molar-refractivity contribution >= 4 is 35.1 Å². The van der Waals surface area contributed by atoms with Crippen molar-refractivity contribution in [3.63, 3.8) is 0 Å². The van der Waals surface area contributed by atoms with Crippen LogP contribution in [-0.2, 0) is 9.59 Å². The SMILES string of the molecule is CCC1CCC2(CC1)NC(=O)N(CC(=O)Nc1ccccc1Cl)C2=O. The Balaban J connectivity index is 1.65. The molecule has 0 atom stereocenters. The van der Waals surface area contributed by atoms with Gasteiger partial charge in [-0.25, -0.2) is 4.79 Å². The van der Waals surface area contributed by atoms with Crippen LogP contribution in [0.1, 0.15) is 39.0 Å². The van der Waals surface area contributed by atoms with Gasteiger partial charge in [-0.3, -0.25) is 14.5 Å². The number of anilines is 1. The summed E-state index contributed by atoms with van der Waals surface area (Å²) >= 11 is 6.01. The van der Waals surface area contributed by atoms with Gasteiger partial charge in [0.05, 0.1) is 10.7 Å². The Morgan fingerprint density at radius 2 is 2.00 bits per heavy atom. The molecule has 1 aliphatic carbocycles. The summed E-state index contributed by atoms with van der Waals surface area (Å²) in [6.45, 7) is 1.83. The van der Waals surface area contributed by atoms with Crippen molar-refractivity contribution in [2.75, 3.05) is 11.9 Å². The largest absolute Gasteiger partial charge is 0.325 e. The Labute approximate surface area is 151 Å². The van der Waals surface area contributed by atoms with Crippen molar-refractivity contribution < 1.29 is 14.4 Å². The molecule has 0 radical (unpaired) electrons. The second kappa shape index (κ2) is 7.04. The van der Waals surface area contributed by atoms with Gasteiger partial charge in [0.2, 0.25) is 5.91 Å². The highest BCUT2D eigenvalue weighted by Gasteiger charge is 2.52. The molecule has 25 heavy (non-hydrogen) atoms. The maximum absolute atomic E-state index is 12.8. The summed E-state index contributed by atoms with van der Waals surface area (Å²) in [6.07, 6.45) is 4.20. The molecule has 0 bridgehead atoms. The number of hydrogen-bond acceptors (Lipinski definition) is 3. The van der Waals surface area contributed by atoms with Crippen LogP contribution in [0.2, 0.25) is 5.02 Å². The van der Waals surface area contributed by atoms with Crippen LogP contribution in [0.15, 0.2) is 24.3 Å². The zero-order chi connectivity index (χ0) is 18.0. The van der Waals surface area contributed by atoms with Crippen LogP contribution in [0.5, 0.6) is 0 Å². The van der Waals surface area contributed by atoms with Crippen molar-refractivity contribution in [1.82, 2.24) is 10.2 Å². The van der Waals surface area contributed by atoms with E-state index in [1.165, 1.54) is 0 Å². The van der Waals surface area contributed by atoms with Crippen LogP contribution >= 0.6 is 11.6 Å². The summed E-state index contributed by atoms with van der Waals surface area (Å²) in [7, 11) is 0. The van der Waals surface area contributed by atoms with Crippen molar-refractivity contribution in [3.05, 3.63) is 29.3 Å². The van der Waals surface area contributed by atoms with Gasteiger partial charge in [-0.2, -0.15) is 0 Å². The van der Waals surface area contributed by atoms with Crippen molar-refractivity contribution in [1.29, 1.82) is 0 Å². The Kier molecular flexibility index (Phi) is 4.99. The van der Waals surface area contributed by atoms with E-state index in [9.17, 15) is 14.4 Å². The Hall–Kier alpha value is -2.08. The molecule has 2 fully saturated rings. The first kappa shape index (κ1) is 17.7.